The highest BCUT2D eigenvalue weighted by Gasteiger charge is 2.46. The van der Waals surface area contributed by atoms with Gasteiger partial charge in [-0.3, -0.25) is 9.59 Å². The summed E-state index contributed by atoms with van der Waals surface area (Å²) in [4.78, 5) is 26.9. The van der Waals surface area contributed by atoms with Gasteiger partial charge in [-0.1, -0.05) is 37.6 Å². The second-order valence-electron chi connectivity index (χ2n) is 7.94. The number of aryl methyl sites for hydroxylation is 2. The maximum atomic E-state index is 12.7. The molecular formula is C20H29N3O2. The minimum atomic E-state index is -0.360. The summed E-state index contributed by atoms with van der Waals surface area (Å²) in [5.41, 5.74) is 3.79. The van der Waals surface area contributed by atoms with Gasteiger partial charge in [-0.25, -0.2) is 0 Å². The molecule has 0 radical (unpaired) electrons. The SMILES string of the molecule is Cc1ccc(C)c(CN[C@H]2C[C@H]3C(=O)N[C@@H](CC(C)C)C(=O)N3C2)c1. The highest BCUT2D eigenvalue weighted by atomic mass is 16.2. The number of hydrogen-bond donors (Lipinski definition) is 2. The van der Waals surface area contributed by atoms with Gasteiger partial charge < -0.3 is 15.5 Å². The van der Waals surface area contributed by atoms with E-state index in [1.807, 2.05) is 0 Å². The van der Waals surface area contributed by atoms with Crippen molar-refractivity contribution in [2.24, 2.45) is 5.92 Å². The number of rotatable bonds is 5. The number of hydrogen-bond acceptors (Lipinski definition) is 3. The molecule has 1 aromatic rings. The Bertz CT molecular complexity index is 671. The molecule has 25 heavy (non-hydrogen) atoms. The predicted octanol–water partition coefficient (Wildman–Crippen LogP) is 1.91. The fraction of sp³-hybridized carbons (Fsp3) is 0.600. The van der Waals surface area contributed by atoms with E-state index < -0.39 is 0 Å². The molecule has 2 aliphatic rings. The molecule has 0 unspecified atom stereocenters. The van der Waals surface area contributed by atoms with Gasteiger partial charge in [0.25, 0.3) is 0 Å². The van der Waals surface area contributed by atoms with Gasteiger partial charge in [0.2, 0.25) is 11.8 Å². The maximum Gasteiger partial charge on any atom is 0.245 e. The summed E-state index contributed by atoms with van der Waals surface area (Å²) < 4.78 is 0. The summed E-state index contributed by atoms with van der Waals surface area (Å²) in [5, 5.41) is 6.47. The van der Waals surface area contributed by atoms with Crippen LogP contribution in [-0.2, 0) is 16.1 Å². The van der Waals surface area contributed by atoms with E-state index in [0.717, 1.165) is 6.54 Å². The van der Waals surface area contributed by atoms with Gasteiger partial charge in [0.1, 0.15) is 12.1 Å². The lowest BCUT2D eigenvalue weighted by atomic mass is 9.99. The monoisotopic (exact) mass is 343 g/mol. The van der Waals surface area contributed by atoms with Crippen LogP contribution in [0.4, 0.5) is 0 Å². The first-order chi connectivity index (χ1) is 11.8. The normalized spacial score (nSPS) is 26.1. The van der Waals surface area contributed by atoms with Crippen molar-refractivity contribution in [3.8, 4) is 0 Å². The Morgan fingerprint density at radius 3 is 2.76 bits per heavy atom. The number of nitrogens with one attached hydrogen (secondary N) is 2. The highest BCUT2D eigenvalue weighted by Crippen LogP contribution is 2.25. The number of carbonyl (C=O) groups excluding carboxylic acids is 2. The lowest BCUT2D eigenvalue weighted by Gasteiger charge is -2.35. The molecule has 0 aliphatic carbocycles. The molecule has 3 atom stereocenters. The molecule has 5 nitrogen and oxygen atoms in total. The van der Waals surface area contributed by atoms with Crippen LogP contribution in [0, 0.1) is 19.8 Å². The summed E-state index contributed by atoms with van der Waals surface area (Å²) in [6, 6.07) is 5.94. The number of amides is 2. The molecule has 136 valence electrons. The van der Waals surface area contributed by atoms with E-state index in [2.05, 4.69) is 56.5 Å². The second-order valence-corrected chi connectivity index (χ2v) is 7.94. The van der Waals surface area contributed by atoms with Gasteiger partial charge in [0, 0.05) is 19.1 Å². The van der Waals surface area contributed by atoms with Crippen LogP contribution in [0.5, 0.6) is 0 Å². The van der Waals surface area contributed by atoms with Crippen molar-refractivity contribution in [3.63, 3.8) is 0 Å². The van der Waals surface area contributed by atoms with E-state index in [1.54, 1.807) is 4.90 Å². The third-order valence-corrected chi connectivity index (χ3v) is 5.29. The summed E-state index contributed by atoms with van der Waals surface area (Å²) in [6.45, 7) is 9.74. The minimum absolute atomic E-state index is 0.00119. The quantitative estimate of drug-likeness (QED) is 0.858. The average molecular weight is 343 g/mol. The molecule has 5 heteroatoms. The average Bonchev–Trinajstić information content (AvgIpc) is 2.98. The first-order valence-electron chi connectivity index (χ1n) is 9.25. The molecule has 0 bridgehead atoms. The van der Waals surface area contributed by atoms with E-state index in [1.165, 1.54) is 16.7 Å². The molecule has 2 aliphatic heterocycles. The lowest BCUT2D eigenvalue weighted by Crippen LogP contribution is -2.61. The molecule has 2 saturated heterocycles. The number of benzene rings is 1. The maximum absolute atomic E-state index is 12.7. The molecule has 0 saturated carbocycles. The summed E-state index contributed by atoms with van der Waals surface area (Å²) >= 11 is 0. The van der Waals surface area contributed by atoms with Crippen LogP contribution < -0.4 is 10.6 Å². The third-order valence-electron chi connectivity index (χ3n) is 5.29. The third kappa shape index (κ3) is 3.87. The standard InChI is InChI=1S/C20H29N3O2/c1-12(2)7-17-20(25)23-11-16(9-18(23)19(24)22-17)21-10-15-8-13(3)5-6-14(15)4/h5-6,8,12,16-18,21H,7,9-11H2,1-4H3,(H,22,24)/t16-,17-,18-/m0/s1. The fourth-order valence-corrected chi connectivity index (χ4v) is 3.88. The van der Waals surface area contributed by atoms with Crippen LogP contribution in [0.15, 0.2) is 18.2 Å². The van der Waals surface area contributed by atoms with Crippen molar-refractivity contribution < 1.29 is 9.59 Å². The first-order valence-corrected chi connectivity index (χ1v) is 9.25. The van der Waals surface area contributed by atoms with Crippen LogP contribution >= 0.6 is 0 Å². The molecule has 0 spiro atoms. The number of fused-ring (bicyclic) bond motifs is 1. The van der Waals surface area contributed by atoms with E-state index in [4.69, 9.17) is 0 Å². The molecule has 2 fully saturated rings. The molecule has 2 heterocycles. The van der Waals surface area contributed by atoms with Gasteiger partial charge in [-0.2, -0.15) is 0 Å². The number of nitrogens with zero attached hydrogens (tertiary/aromatic N) is 1. The molecule has 2 N–H and O–H groups in total. The Balaban J connectivity index is 1.63. The van der Waals surface area contributed by atoms with Crippen molar-refractivity contribution in [1.29, 1.82) is 0 Å². The summed E-state index contributed by atoms with van der Waals surface area (Å²) in [5.74, 6) is 0.460. The van der Waals surface area contributed by atoms with Crippen molar-refractivity contribution >= 4 is 11.8 Å². The highest BCUT2D eigenvalue weighted by molar-refractivity contribution is 5.97. The van der Waals surface area contributed by atoms with E-state index in [0.29, 0.717) is 25.3 Å². The van der Waals surface area contributed by atoms with Crippen LogP contribution in [0.2, 0.25) is 0 Å². The number of piperazine rings is 1. The van der Waals surface area contributed by atoms with Crippen molar-refractivity contribution in [2.45, 2.75) is 65.2 Å². The van der Waals surface area contributed by atoms with Crippen LogP contribution in [-0.4, -0.2) is 41.4 Å². The topological polar surface area (TPSA) is 61.4 Å². The minimum Gasteiger partial charge on any atom is -0.342 e. The lowest BCUT2D eigenvalue weighted by molar-refractivity contribution is -0.147. The number of carbonyl (C=O) groups is 2. The zero-order valence-corrected chi connectivity index (χ0v) is 15.6. The van der Waals surface area contributed by atoms with E-state index >= 15 is 0 Å². The Hall–Kier alpha value is -1.88. The van der Waals surface area contributed by atoms with Crippen LogP contribution in [0.3, 0.4) is 0 Å². The molecule has 1 aromatic carbocycles. The zero-order chi connectivity index (χ0) is 18.1. The van der Waals surface area contributed by atoms with Gasteiger partial charge >= 0.3 is 0 Å². The molecule has 2 amide bonds. The van der Waals surface area contributed by atoms with E-state index in [-0.39, 0.29) is 29.9 Å². The van der Waals surface area contributed by atoms with Crippen LogP contribution in [0.1, 0.15) is 43.4 Å². The molecular weight excluding hydrogens is 314 g/mol. The van der Waals surface area contributed by atoms with Crippen molar-refractivity contribution in [3.05, 3.63) is 34.9 Å². The smallest absolute Gasteiger partial charge is 0.245 e. The van der Waals surface area contributed by atoms with Crippen molar-refractivity contribution in [2.75, 3.05) is 6.54 Å². The zero-order valence-electron chi connectivity index (χ0n) is 15.6. The predicted molar refractivity (Wildman–Crippen MR) is 98.0 cm³/mol. The fourth-order valence-electron chi connectivity index (χ4n) is 3.88. The Morgan fingerprint density at radius 2 is 2.04 bits per heavy atom. The summed E-state index contributed by atoms with van der Waals surface area (Å²) in [7, 11) is 0. The van der Waals surface area contributed by atoms with Crippen molar-refractivity contribution in [1.82, 2.24) is 15.5 Å². The van der Waals surface area contributed by atoms with E-state index in [9.17, 15) is 9.59 Å². The molecule has 0 aromatic heterocycles. The molecule has 3 rings (SSSR count). The van der Waals surface area contributed by atoms with Gasteiger partial charge in [-0.15, -0.1) is 0 Å². The van der Waals surface area contributed by atoms with Gasteiger partial charge in [0.15, 0.2) is 0 Å². The van der Waals surface area contributed by atoms with Gasteiger partial charge in [-0.05, 0) is 43.7 Å². The second kappa shape index (κ2) is 7.16. The Labute approximate surface area is 150 Å². The largest absolute Gasteiger partial charge is 0.342 e. The first kappa shape index (κ1) is 17.9. The Kier molecular flexibility index (Phi) is 5.13. The Morgan fingerprint density at radius 1 is 1.28 bits per heavy atom. The van der Waals surface area contributed by atoms with Gasteiger partial charge in [0.05, 0.1) is 0 Å². The summed E-state index contributed by atoms with van der Waals surface area (Å²) in [6.07, 6.45) is 1.39. The van der Waals surface area contributed by atoms with Crippen LogP contribution in [0.25, 0.3) is 0 Å².